The number of carbonyl (C=O) groups is 4. The first-order valence-corrected chi connectivity index (χ1v) is 20.0. The molecular formula is C44H46N8O8. The minimum Gasteiger partial charge on any atom is -0.456 e. The van der Waals surface area contributed by atoms with Crippen molar-refractivity contribution in [1.82, 2.24) is 40.4 Å². The molecule has 3 aromatic heterocycles. The van der Waals surface area contributed by atoms with Gasteiger partial charge >= 0.3 is 12.2 Å². The predicted octanol–water partition coefficient (Wildman–Crippen LogP) is 6.53. The van der Waals surface area contributed by atoms with E-state index in [1.165, 1.54) is 14.2 Å². The van der Waals surface area contributed by atoms with E-state index in [0.717, 1.165) is 24.0 Å². The summed E-state index contributed by atoms with van der Waals surface area (Å²) in [5.74, 6) is 0.622. The highest BCUT2D eigenvalue weighted by atomic mass is 16.5. The summed E-state index contributed by atoms with van der Waals surface area (Å²) in [5, 5.41) is 6.17. The maximum absolute atomic E-state index is 14.0. The van der Waals surface area contributed by atoms with Crippen molar-refractivity contribution in [2.45, 2.75) is 63.7 Å². The zero-order valence-electron chi connectivity index (χ0n) is 33.7. The first-order valence-electron chi connectivity index (χ1n) is 20.0. The number of aromatic nitrogens is 4. The van der Waals surface area contributed by atoms with Crippen LogP contribution in [0.4, 0.5) is 9.59 Å². The van der Waals surface area contributed by atoms with Crippen molar-refractivity contribution >= 4 is 45.9 Å². The van der Waals surface area contributed by atoms with Gasteiger partial charge < -0.3 is 44.3 Å². The van der Waals surface area contributed by atoms with Crippen LogP contribution in [0.5, 0.6) is 0 Å². The van der Waals surface area contributed by atoms with Gasteiger partial charge in [-0.3, -0.25) is 14.4 Å². The van der Waals surface area contributed by atoms with E-state index >= 15 is 0 Å². The summed E-state index contributed by atoms with van der Waals surface area (Å²) >= 11 is 0. The lowest BCUT2D eigenvalue weighted by Gasteiger charge is -2.30. The number of methoxy groups -OCH3 is 2. The summed E-state index contributed by atoms with van der Waals surface area (Å²) in [4.78, 5) is 85.3. The molecule has 4 amide bonds. The van der Waals surface area contributed by atoms with Gasteiger partial charge in [-0.15, -0.1) is 0 Å². The van der Waals surface area contributed by atoms with Crippen LogP contribution in [0.3, 0.4) is 0 Å². The van der Waals surface area contributed by atoms with Gasteiger partial charge in [-0.25, -0.2) is 19.6 Å². The van der Waals surface area contributed by atoms with Gasteiger partial charge in [-0.2, -0.15) is 0 Å². The van der Waals surface area contributed by atoms with Gasteiger partial charge in [0, 0.05) is 24.2 Å². The number of nitrogens with one attached hydrogen (secondary N) is 4. The number of ether oxygens (including phenoxy) is 2. The number of imidazole rings is 2. The lowest BCUT2D eigenvalue weighted by Crippen LogP contribution is -2.51. The van der Waals surface area contributed by atoms with Crippen molar-refractivity contribution in [3.8, 4) is 22.5 Å². The Morgan fingerprint density at radius 3 is 1.93 bits per heavy atom. The van der Waals surface area contributed by atoms with Gasteiger partial charge in [0.1, 0.15) is 34.9 Å². The average molecular weight is 815 g/mol. The Morgan fingerprint density at radius 1 is 0.733 bits per heavy atom. The molecular weight excluding hydrogens is 769 g/mol. The van der Waals surface area contributed by atoms with E-state index in [2.05, 4.69) is 30.6 Å². The first-order chi connectivity index (χ1) is 29.0. The number of carbonyl (C=O) groups excluding carboxylic acids is 4. The number of benzene rings is 3. The van der Waals surface area contributed by atoms with E-state index in [-0.39, 0.29) is 35.2 Å². The molecule has 0 aliphatic carbocycles. The highest BCUT2D eigenvalue weighted by Crippen LogP contribution is 2.36. The summed E-state index contributed by atoms with van der Waals surface area (Å²) in [5.41, 5.74) is 4.12. The van der Waals surface area contributed by atoms with Crippen LogP contribution in [0.2, 0.25) is 0 Å². The van der Waals surface area contributed by atoms with Gasteiger partial charge in [0.25, 0.3) is 5.91 Å². The molecule has 0 saturated carbocycles. The van der Waals surface area contributed by atoms with Crippen LogP contribution in [0.1, 0.15) is 74.9 Å². The van der Waals surface area contributed by atoms with Gasteiger partial charge in [-0.05, 0) is 67.5 Å². The van der Waals surface area contributed by atoms with Crippen LogP contribution in [-0.4, -0.2) is 87.1 Å². The minimum absolute atomic E-state index is 0.149. The molecule has 3 aromatic carbocycles. The number of hydrogen-bond acceptors (Lipinski definition) is 10. The van der Waals surface area contributed by atoms with E-state index in [1.807, 2.05) is 44.2 Å². The monoisotopic (exact) mass is 814 g/mol. The van der Waals surface area contributed by atoms with Crippen LogP contribution in [-0.2, 0) is 19.1 Å². The molecule has 5 heterocycles. The number of likely N-dealkylation sites (tertiary alicyclic amines) is 2. The Labute approximate surface area is 344 Å². The number of alkyl carbamates (subject to hydrolysis) is 2. The first kappa shape index (κ1) is 39.8. The van der Waals surface area contributed by atoms with Crippen LogP contribution >= 0.6 is 0 Å². The number of rotatable bonds is 10. The Morgan fingerprint density at radius 2 is 1.32 bits per heavy atom. The molecule has 0 spiro atoms. The number of amides is 4. The molecule has 60 heavy (non-hydrogen) atoms. The molecule has 2 fully saturated rings. The second-order valence-electron chi connectivity index (χ2n) is 15.4. The SMILES string of the molecule is COC(=O)N[C@H](C(=O)N1CCC[C@H]1c1ncc(-c2ccc3c(=O)c4cc(-c5cnc([C@@H]6CCCN6C(=O)[C@H](NC(=O)OC)c6ccccc6)[nH]5)ccc4oc3c2)[nH]1)C(C)C. The summed E-state index contributed by atoms with van der Waals surface area (Å²) in [7, 11) is 2.53. The predicted molar refractivity (Wildman–Crippen MR) is 221 cm³/mol. The maximum atomic E-state index is 14.0. The van der Waals surface area contributed by atoms with E-state index in [1.54, 1.807) is 58.6 Å². The molecule has 2 aliphatic heterocycles. The molecule has 0 radical (unpaired) electrons. The van der Waals surface area contributed by atoms with E-state index in [9.17, 15) is 24.0 Å². The molecule has 2 aliphatic rings. The molecule has 0 bridgehead atoms. The third-order valence-corrected chi connectivity index (χ3v) is 11.4. The van der Waals surface area contributed by atoms with Crippen molar-refractivity contribution < 1.29 is 33.1 Å². The Bertz CT molecular complexity index is 2640. The summed E-state index contributed by atoms with van der Waals surface area (Å²) in [6.45, 7) is 4.78. The molecule has 310 valence electrons. The lowest BCUT2D eigenvalue weighted by molar-refractivity contribution is -0.135. The van der Waals surface area contributed by atoms with Crippen LogP contribution in [0, 0.1) is 5.92 Å². The van der Waals surface area contributed by atoms with Crippen molar-refractivity contribution in [2.75, 3.05) is 27.3 Å². The second kappa shape index (κ2) is 16.7. The quantitative estimate of drug-likeness (QED) is 0.110. The molecule has 8 rings (SSSR count). The largest absolute Gasteiger partial charge is 0.456 e. The highest BCUT2D eigenvalue weighted by Gasteiger charge is 2.39. The molecule has 0 unspecified atom stereocenters. The topological polar surface area (TPSA) is 205 Å². The van der Waals surface area contributed by atoms with Crippen molar-refractivity contribution in [1.29, 1.82) is 0 Å². The molecule has 4 atom stereocenters. The number of nitrogens with zero attached hydrogens (tertiary/aromatic N) is 4. The third kappa shape index (κ3) is 7.67. The van der Waals surface area contributed by atoms with Gasteiger partial charge in [0.2, 0.25) is 11.3 Å². The van der Waals surface area contributed by atoms with Gasteiger partial charge in [0.15, 0.2) is 0 Å². The highest BCUT2D eigenvalue weighted by molar-refractivity contribution is 5.93. The van der Waals surface area contributed by atoms with Crippen molar-refractivity contribution in [3.63, 3.8) is 0 Å². The normalized spacial score (nSPS) is 17.6. The Balaban J connectivity index is 1.01. The molecule has 4 N–H and O–H groups in total. The second-order valence-corrected chi connectivity index (χ2v) is 15.4. The van der Waals surface area contributed by atoms with Crippen LogP contribution in [0.25, 0.3) is 44.5 Å². The number of fused-ring (bicyclic) bond motifs is 2. The minimum atomic E-state index is -0.932. The zero-order chi connectivity index (χ0) is 42.1. The molecule has 2 saturated heterocycles. The smallest absolute Gasteiger partial charge is 0.407 e. The van der Waals surface area contributed by atoms with E-state index in [4.69, 9.17) is 13.9 Å². The summed E-state index contributed by atoms with van der Waals surface area (Å²) < 4.78 is 15.9. The maximum Gasteiger partial charge on any atom is 0.407 e. The Hall–Kier alpha value is -6.97. The molecule has 16 heteroatoms. The van der Waals surface area contributed by atoms with Crippen LogP contribution in [0.15, 0.2) is 88.3 Å². The van der Waals surface area contributed by atoms with Gasteiger partial charge in [-0.1, -0.05) is 50.2 Å². The molecule has 6 aromatic rings. The third-order valence-electron chi connectivity index (χ3n) is 11.4. The Kier molecular flexibility index (Phi) is 11.1. The zero-order valence-corrected chi connectivity index (χ0v) is 33.7. The fraction of sp³-hybridized carbons (Fsp3) is 0.341. The fourth-order valence-corrected chi connectivity index (χ4v) is 8.28. The van der Waals surface area contributed by atoms with E-state index < -0.39 is 24.3 Å². The van der Waals surface area contributed by atoms with Gasteiger partial charge in [0.05, 0.1) is 60.9 Å². The number of hydrogen-bond donors (Lipinski definition) is 4. The fourth-order valence-electron chi connectivity index (χ4n) is 8.28. The van der Waals surface area contributed by atoms with E-state index in [0.29, 0.717) is 76.5 Å². The summed E-state index contributed by atoms with van der Waals surface area (Å²) in [6, 6.07) is 17.5. The van der Waals surface area contributed by atoms with Crippen molar-refractivity contribution in [2.24, 2.45) is 5.92 Å². The number of aromatic amines is 2. The lowest BCUT2D eigenvalue weighted by atomic mass is 10.0. The summed E-state index contributed by atoms with van der Waals surface area (Å²) in [6.07, 6.45) is 4.98. The van der Waals surface area contributed by atoms with Crippen LogP contribution < -0.4 is 16.1 Å². The number of H-pyrrole nitrogens is 2. The average Bonchev–Trinajstić information content (AvgIpc) is 4.11. The standard InChI is InChI=1S/C44H46N8O8/c1-24(2)36(49-43(56)58-3)41(54)51-18-8-12-32(51)39-46-23-31(48-39)27-14-16-28-35(21-27)60-34-17-15-26(20-29(34)38(28)53)30-22-45-40(47-30)33-13-9-19-52(33)42(55)37(50-44(57)59-4)25-10-6-5-7-11-25/h5-7,10-11,14-17,20-24,32-33,36-37H,8-9,12-13,18-19H2,1-4H3,(H,45,47)(H,46,48)(H,49,56)(H,50,57)/t32-,33-,36-,37+/m0/s1. The van der Waals surface area contributed by atoms with Crippen molar-refractivity contribution in [3.05, 3.63) is 107 Å². The molecule has 16 nitrogen and oxygen atoms in total.